The Kier molecular flexibility index (Phi) is 1.64. The van der Waals surface area contributed by atoms with Gasteiger partial charge in [0, 0.05) is 17.5 Å². The van der Waals surface area contributed by atoms with Gasteiger partial charge in [-0.2, -0.15) is 5.26 Å². The van der Waals surface area contributed by atoms with Gasteiger partial charge in [0.2, 0.25) is 0 Å². The normalized spacial score (nSPS) is 10.4. The molecule has 0 saturated carbocycles. The molecule has 0 fully saturated rings. The summed E-state index contributed by atoms with van der Waals surface area (Å²) >= 11 is 0. The Morgan fingerprint density at radius 3 is 2.93 bits per heavy atom. The van der Waals surface area contributed by atoms with Crippen molar-refractivity contribution in [2.75, 3.05) is 0 Å². The van der Waals surface area contributed by atoms with E-state index < -0.39 is 0 Å². The van der Waals surface area contributed by atoms with Gasteiger partial charge in [-0.25, -0.2) is 9.50 Å². The van der Waals surface area contributed by atoms with Crippen molar-refractivity contribution in [2.24, 2.45) is 0 Å². The van der Waals surface area contributed by atoms with Crippen LogP contribution in [0.5, 0.6) is 0 Å². The molecule has 0 bridgehead atoms. The summed E-state index contributed by atoms with van der Waals surface area (Å²) in [4.78, 5) is 15.8. The molecule has 2 aromatic heterocycles. The van der Waals surface area contributed by atoms with Crippen LogP contribution in [0.15, 0.2) is 11.0 Å². The highest BCUT2D eigenvalue weighted by Gasteiger charge is 2.09. The summed E-state index contributed by atoms with van der Waals surface area (Å²) in [5.41, 5.74) is 1.86. The Balaban J connectivity index is 3.03. The van der Waals surface area contributed by atoms with Crippen molar-refractivity contribution in [1.29, 1.82) is 5.26 Å². The zero-order chi connectivity index (χ0) is 10.3. The standard InChI is InChI=1S/C9H8N4O/c1-5-6(2)12-8-7(3-10)4-11-13(8)9(5)14/h4,11H,1-2H3. The largest absolute Gasteiger partial charge is 0.295 e. The van der Waals surface area contributed by atoms with Crippen LogP contribution >= 0.6 is 0 Å². The molecule has 2 rings (SSSR count). The SMILES string of the molecule is Cc1nc2c(C#N)c[nH]n2c(=O)c1C. The molecule has 2 heterocycles. The first-order chi connectivity index (χ1) is 6.65. The van der Waals surface area contributed by atoms with Gasteiger partial charge in [0.25, 0.3) is 5.56 Å². The van der Waals surface area contributed by atoms with E-state index >= 15 is 0 Å². The minimum Gasteiger partial charge on any atom is -0.295 e. The van der Waals surface area contributed by atoms with Crippen LogP contribution in [-0.4, -0.2) is 14.6 Å². The molecule has 0 aliphatic heterocycles. The van der Waals surface area contributed by atoms with Crippen LogP contribution in [0.3, 0.4) is 0 Å². The van der Waals surface area contributed by atoms with E-state index in [1.54, 1.807) is 13.8 Å². The average molecular weight is 188 g/mol. The van der Waals surface area contributed by atoms with Gasteiger partial charge >= 0.3 is 0 Å². The number of nitrogens with zero attached hydrogens (tertiary/aromatic N) is 3. The molecular formula is C9H8N4O. The molecule has 70 valence electrons. The van der Waals surface area contributed by atoms with E-state index in [4.69, 9.17) is 5.26 Å². The van der Waals surface area contributed by atoms with Gasteiger partial charge in [-0.05, 0) is 13.8 Å². The van der Waals surface area contributed by atoms with Crippen LogP contribution < -0.4 is 5.56 Å². The number of nitrogens with one attached hydrogen (secondary N) is 1. The lowest BCUT2D eigenvalue weighted by molar-refractivity contribution is 0.873. The summed E-state index contributed by atoms with van der Waals surface area (Å²) in [6, 6.07) is 1.97. The van der Waals surface area contributed by atoms with Crippen LogP contribution in [0.2, 0.25) is 0 Å². The van der Waals surface area contributed by atoms with Gasteiger partial charge in [-0.1, -0.05) is 0 Å². The minimum atomic E-state index is -0.158. The smallest absolute Gasteiger partial charge is 0.275 e. The fraction of sp³-hybridized carbons (Fsp3) is 0.222. The van der Waals surface area contributed by atoms with E-state index in [-0.39, 0.29) is 5.56 Å². The average Bonchev–Trinajstić information content (AvgIpc) is 2.57. The number of rotatable bonds is 0. The summed E-state index contributed by atoms with van der Waals surface area (Å²) in [6.45, 7) is 3.47. The molecule has 0 atom stereocenters. The molecule has 1 N–H and O–H groups in total. The van der Waals surface area contributed by atoms with Gasteiger partial charge in [0.1, 0.15) is 11.6 Å². The van der Waals surface area contributed by atoms with E-state index in [1.807, 2.05) is 6.07 Å². The van der Waals surface area contributed by atoms with E-state index in [9.17, 15) is 4.79 Å². The Hall–Kier alpha value is -2.09. The Labute approximate surface area is 79.6 Å². The maximum absolute atomic E-state index is 11.7. The molecule has 5 heteroatoms. The Morgan fingerprint density at radius 1 is 1.57 bits per heavy atom. The third kappa shape index (κ3) is 0.941. The Morgan fingerprint density at radius 2 is 2.29 bits per heavy atom. The molecule has 0 radical (unpaired) electrons. The van der Waals surface area contributed by atoms with Gasteiger partial charge in [0.05, 0.1) is 0 Å². The highest BCUT2D eigenvalue weighted by molar-refractivity contribution is 5.54. The number of hydrogen-bond acceptors (Lipinski definition) is 3. The van der Waals surface area contributed by atoms with Crippen molar-refractivity contribution in [3.63, 3.8) is 0 Å². The maximum Gasteiger partial charge on any atom is 0.275 e. The fourth-order valence-corrected chi connectivity index (χ4v) is 1.29. The summed E-state index contributed by atoms with van der Waals surface area (Å²) in [5, 5.41) is 11.4. The molecule has 14 heavy (non-hydrogen) atoms. The number of aromatic nitrogens is 3. The quantitative estimate of drug-likeness (QED) is 0.654. The summed E-state index contributed by atoms with van der Waals surface area (Å²) in [5.74, 6) is 0. The van der Waals surface area contributed by atoms with E-state index in [1.165, 1.54) is 10.7 Å². The molecule has 2 aromatic rings. The number of nitriles is 1. The molecule has 0 unspecified atom stereocenters. The van der Waals surface area contributed by atoms with Crippen molar-refractivity contribution in [1.82, 2.24) is 14.6 Å². The van der Waals surface area contributed by atoms with Crippen molar-refractivity contribution in [3.05, 3.63) is 33.4 Å². The van der Waals surface area contributed by atoms with Crippen LogP contribution in [0.25, 0.3) is 5.65 Å². The lowest BCUT2D eigenvalue weighted by atomic mass is 10.2. The number of hydrogen-bond donors (Lipinski definition) is 1. The Bertz CT molecular complexity index is 600. The van der Waals surface area contributed by atoms with Crippen molar-refractivity contribution in [2.45, 2.75) is 13.8 Å². The van der Waals surface area contributed by atoms with Crippen LogP contribution in [0.1, 0.15) is 16.8 Å². The first kappa shape index (κ1) is 8.51. The van der Waals surface area contributed by atoms with Gasteiger partial charge in [-0.3, -0.25) is 9.89 Å². The molecule has 0 spiro atoms. The topological polar surface area (TPSA) is 73.9 Å². The summed E-state index contributed by atoms with van der Waals surface area (Å²) < 4.78 is 1.28. The van der Waals surface area contributed by atoms with Crippen molar-refractivity contribution in [3.8, 4) is 6.07 Å². The highest BCUT2D eigenvalue weighted by atomic mass is 16.1. The molecule has 0 amide bonds. The molecule has 5 nitrogen and oxygen atoms in total. The second-order valence-electron chi connectivity index (χ2n) is 3.09. The zero-order valence-electron chi connectivity index (χ0n) is 7.83. The van der Waals surface area contributed by atoms with Gasteiger partial charge < -0.3 is 0 Å². The predicted octanol–water partition coefficient (Wildman–Crippen LogP) is 0.511. The third-order valence-electron chi connectivity index (χ3n) is 2.25. The van der Waals surface area contributed by atoms with Crippen LogP contribution in [-0.2, 0) is 0 Å². The van der Waals surface area contributed by atoms with E-state index in [0.29, 0.717) is 22.5 Å². The zero-order valence-corrected chi connectivity index (χ0v) is 7.83. The van der Waals surface area contributed by atoms with E-state index in [2.05, 4.69) is 10.1 Å². The van der Waals surface area contributed by atoms with Gasteiger partial charge in [-0.15, -0.1) is 0 Å². The summed E-state index contributed by atoms with van der Waals surface area (Å²) in [7, 11) is 0. The third-order valence-corrected chi connectivity index (χ3v) is 2.25. The van der Waals surface area contributed by atoms with Gasteiger partial charge in [0.15, 0.2) is 5.65 Å². The molecule has 0 aromatic carbocycles. The van der Waals surface area contributed by atoms with Crippen LogP contribution in [0.4, 0.5) is 0 Å². The monoisotopic (exact) mass is 188 g/mol. The number of H-pyrrole nitrogens is 1. The number of fused-ring (bicyclic) bond motifs is 1. The van der Waals surface area contributed by atoms with Crippen molar-refractivity contribution < 1.29 is 0 Å². The predicted molar refractivity (Wildman–Crippen MR) is 50.0 cm³/mol. The minimum absolute atomic E-state index is 0.158. The fourth-order valence-electron chi connectivity index (χ4n) is 1.29. The van der Waals surface area contributed by atoms with Crippen molar-refractivity contribution >= 4 is 5.65 Å². The second kappa shape index (κ2) is 2.70. The van der Waals surface area contributed by atoms with Crippen LogP contribution in [0, 0.1) is 25.2 Å². The first-order valence-electron chi connectivity index (χ1n) is 4.12. The molecule has 0 aliphatic carbocycles. The second-order valence-corrected chi connectivity index (χ2v) is 3.09. The number of aromatic amines is 1. The number of aryl methyl sites for hydroxylation is 1. The van der Waals surface area contributed by atoms with E-state index in [0.717, 1.165) is 0 Å². The maximum atomic E-state index is 11.7. The molecule has 0 aliphatic rings. The highest BCUT2D eigenvalue weighted by Crippen LogP contribution is 2.06. The first-order valence-corrected chi connectivity index (χ1v) is 4.12. The lowest BCUT2D eigenvalue weighted by Gasteiger charge is -1.98. The summed E-state index contributed by atoms with van der Waals surface area (Å²) in [6.07, 6.45) is 1.47. The molecule has 0 saturated heterocycles. The lowest BCUT2D eigenvalue weighted by Crippen LogP contribution is -2.19. The molecular weight excluding hydrogens is 180 g/mol.